The normalized spacial score (nSPS) is 11.7. The molecular weight excluding hydrogens is 371 g/mol. The molecule has 0 unspecified atom stereocenters. The van der Waals surface area contributed by atoms with Gasteiger partial charge in [0.05, 0.1) is 11.1 Å². The average Bonchev–Trinajstić information content (AvgIpc) is 3.02. The number of ketones is 1. The van der Waals surface area contributed by atoms with Crippen LogP contribution < -0.4 is 0 Å². The summed E-state index contributed by atoms with van der Waals surface area (Å²) < 4.78 is 40.1. The van der Waals surface area contributed by atoms with E-state index in [9.17, 15) is 22.8 Å². The number of benzene rings is 2. The number of carboxylic acid groups (broad SMARTS) is 1. The Hall–Kier alpha value is -3.09. The Morgan fingerprint density at radius 2 is 1.68 bits per heavy atom. The molecule has 7 heteroatoms. The molecule has 0 aliphatic carbocycles. The summed E-state index contributed by atoms with van der Waals surface area (Å²) in [5.74, 6) is -2.56. The van der Waals surface area contributed by atoms with E-state index in [1.807, 2.05) is 11.5 Å². The lowest BCUT2D eigenvalue weighted by atomic mass is 10.0. The van der Waals surface area contributed by atoms with E-state index < -0.39 is 23.5 Å². The maximum atomic E-state index is 12.8. The largest absolute Gasteiger partial charge is 0.475 e. The summed E-state index contributed by atoms with van der Waals surface area (Å²) in [7, 11) is 0. The highest BCUT2D eigenvalue weighted by molar-refractivity contribution is 6.42. The van der Waals surface area contributed by atoms with E-state index in [-0.39, 0.29) is 5.56 Å². The van der Waals surface area contributed by atoms with Gasteiger partial charge in [0.1, 0.15) is 0 Å². The molecule has 3 aromatic rings. The van der Waals surface area contributed by atoms with Crippen molar-refractivity contribution in [1.29, 1.82) is 0 Å². The summed E-state index contributed by atoms with van der Waals surface area (Å²) in [6.45, 7) is 2.66. The molecule has 0 fully saturated rings. The van der Waals surface area contributed by atoms with Gasteiger partial charge in [0, 0.05) is 23.6 Å². The SMILES string of the molecule is CCCCn1cc(C(=O)C(=O)O)c2cc(-c3ccc(C(F)(F)F)cc3)ccc21. The van der Waals surface area contributed by atoms with E-state index in [1.165, 1.54) is 18.3 Å². The summed E-state index contributed by atoms with van der Waals surface area (Å²) >= 11 is 0. The number of aromatic nitrogens is 1. The van der Waals surface area contributed by atoms with Crippen molar-refractivity contribution in [3.8, 4) is 11.1 Å². The summed E-state index contributed by atoms with van der Waals surface area (Å²) in [4.78, 5) is 23.3. The summed E-state index contributed by atoms with van der Waals surface area (Å²) in [5.41, 5.74) is 1.20. The minimum atomic E-state index is -4.42. The Bertz CT molecular complexity index is 1030. The van der Waals surface area contributed by atoms with Crippen LogP contribution in [0.5, 0.6) is 0 Å². The van der Waals surface area contributed by atoms with Gasteiger partial charge < -0.3 is 9.67 Å². The van der Waals surface area contributed by atoms with Crippen molar-refractivity contribution in [2.75, 3.05) is 0 Å². The molecule has 1 heterocycles. The van der Waals surface area contributed by atoms with Gasteiger partial charge in [-0.3, -0.25) is 4.79 Å². The standard InChI is InChI=1S/C21H18F3NO3/c1-2-3-10-25-12-17(19(26)20(27)28)16-11-14(6-9-18(16)25)13-4-7-15(8-5-13)21(22,23)24/h4-9,11-12H,2-3,10H2,1H3,(H,27,28). The first-order valence-electron chi connectivity index (χ1n) is 8.80. The van der Waals surface area contributed by atoms with Crippen molar-refractivity contribution in [2.45, 2.75) is 32.5 Å². The molecule has 28 heavy (non-hydrogen) atoms. The summed E-state index contributed by atoms with van der Waals surface area (Å²) in [6.07, 6.45) is -1.08. The molecule has 0 atom stereocenters. The highest BCUT2D eigenvalue weighted by Gasteiger charge is 2.30. The molecule has 0 saturated carbocycles. The van der Waals surface area contributed by atoms with Gasteiger partial charge in [-0.1, -0.05) is 31.5 Å². The second-order valence-electron chi connectivity index (χ2n) is 6.53. The lowest BCUT2D eigenvalue weighted by Crippen LogP contribution is -2.12. The maximum Gasteiger partial charge on any atom is 0.416 e. The zero-order valence-electron chi connectivity index (χ0n) is 15.1. The monoisotopic (exact) mass is 389 g/mol. The number of nitrogens with zero attached hydrogens (tertiary/aromatic N) is 1. The molecule has 3 rings (SSSR count). The molecule has 0 aliphatic heterocycles. The van der Waals surface area contributed by atoms with Gasteiger partial charge in [-0.15, -0.1) is 0 Å². The second-order valence-corrected chi connectivity index (χ2v) is 6.53. The van der Waals surface area contributed by atoms with Crippen molar-refractivity contribution < 1.29 is 27.9 Å². The number of rotatable bonds is 6. The molecule has 0 amide bonds. The third-order valence-corrected chi connectivity index (χ3v) is 4.62. The van der Waals surface area contributed by atoms with Gasteiger partial charge in [0.2, 0.25) is 0 Å². The minimum absolute atomic E-state index is 0.0763. The van der Waals surface area contributed by atoms with Crippen molar-refractivity contribution >= 4 is 22.7 Å². The van der Waals surface area contributed by atoms with Crippen LogP contribution in [0.4, 0.5) is 13.2 Å². The van der Waals surface area contributed by atoms with Crippen LogP contribution in [0.15, 0.2) is 48.7 Å². The predicted molar refractivity (Wildman–Crippen MR) is 99.3 cm³/mol. The predicted octanol–water partition coefficient (Wildman–Crippen LogP) is 5.39. The van der Waals surface area contributed by atoms with Gasteiger partial charge in [0.25, 0.3) is 5.78 Å². The number of hydrogen-bond donors (Lipinski definition) is 1. The van der Waals surface area contributed by atoms with E-state index in [0.29, 0.717) is 28.6 Å². The van der Waals surface area contributed by atoms with E-state index in [0.717, 1.165) is 25.0 Å². The van der Waals surface area contributed by atoms with Crippen LogP contribution in [0.3, 0.4) is 0 Å². The van der Waals surface area contributed by atoms with Gasteiger partial charge in [-0.05, 0) is 41.8 Å². The fourth-order valence-electron chi connectivity index (χ4n) is 3.14. The van der Waals surface area contributed by atoms with Gasteiger partial charge >= 0.3 is 12.1 Å². The lowest BCUT2D eigenvalue weighted by Gasteiger charge is -2.09. The number of halogens is 3. The number of aliphatic carboxylic acids is 1. The van der Waals surface area contributed by atoms with Gasteiger partial charge in [-0.25, -0.2) is 4.79 Å². The molecule has 0 radical (unpaired) electrons. The highest BCUT2D eigenvalue weighted by Crippen LogP contribution is 2.33. The first-order chi connectivity index (χ1) is 13.2. The Morgan fingerprint density at radius 3 is 2.25 bits per heavy atom. The average molecular weight is 389 g/mol. The smallest absolute Gasteiger partial charge is 0.416 e. The van der Waals surface area contributed by atoms with E-state index in [4.69, 9.17) is 5.11 Å². The number of carboxylic acids is 1. The second kappa shape index (κ2) is 7.50. The fourth-order valence-corrected chi connectivity index (χ4v) is 3.14. The summed E-state index contributed by atoms with van der Waals surface area (Å²) in [6, 6.07) is 9.87. The first kappa shape index (κ1) is 19.7. The van der Waals surface area contributed by atoms with Crippen LogP contribution in [-0.4, -0.2) is 21.4 Å². The number of carbonyl (C=O) groups is 2. The molecule has 0 bridgehead atoms. The van der Waals surface area contributed by atoms with Crippen molar-refractivity contribution in [1.82, 2.24) is 4.57 Å². The first-order valence-corrected chi connectivity index (χ1v) is 8.80. The molecule has 0 aliphatic rings. The van der Waals surface area contributed by atoms with Crippen LogP contribution >= 0.6 is 0 Å². The van der Waals surface area contributed by atoms with Crippen molar-refractivity contribution in [3.63, 3.8) is 0 Å². The zero-order chi connectivity index (χ0) is 20.5. The van der Waals surface area contributed by atoms with E-state index in [1.54, 1.807) is 18.2 Å². The molecule has 0 spiro atoms. The van der Waals surface area contributed by atoms with Crippen LogP contribution in [0.2, 0.25) is 0 Å². The lowest BCUT2D eigenvalue weighted by molar-refractivity contribution is -0.137. The maximum absolute atomic E-state index is 12.8. The molecule has 2 aromatic carbocycles. The van der Waals surface area contributed by atoms with Crippen LogP contribution in [-0.2, 0) is 17.5 Å². The Morgan fingerprint density at radius 1 is 1.04 bits per heavy atom. The highest BCUT2D eigenvalue weighted by atomic mass is 19.4. The molecule has 4 nitrogen and oxygen atoms in total. The van der Waals surface area contributed by atoms with Gasteiger partial charge in [0.15, 0.2) is 0 Å². The molecule has 0 saturated heterocycles. The Balaban J connectivity index is 2.09. The number of hydrogen-bond acceptors (Lipinski definition) is 2. The molecule has 1 N–H and O–H groups in total. The fraction of sp³-hybridized carbons (Fsp3) is 0.238. The quantitative estimate of drug-likeness (QED) is 0.454. The summed E-state index contributed by atoms with van der Waals surface area (Å²) in [5, 5.41) is 9.58. The topological polar surface area (TPSA) is 59.3 Å². The van der Waals surface area contributed by atoms with Crippen molar-refractivity contribution in [3.05, 3.63) is 59.8 Å². The van der Waals surface area contributed by atoms with Crippen molar-refractivity contribution in [2.24, 2.45) is 0 Å². The number of aryl methyl sites for hydroxylation is 1. The number of carbonyl (C=O) groups excluding carboxylic acids is 1. The Labute approximate surface area is 159 Å². The third kappa shape index (κ3) is 3.78. The van der Waals surface area contributed by atoms with Crippen LogP contribution in [0, 0.1) is 0 Å². The van der Waals surface area contributed by atoms with E-state index in [2.05, 4.69) is 0 Å². The molecular formula is C21H18F3NO3. The number of Topliss-reactive ketones (excluding diaryl/α,β-unsaturated/α-hetero) is 1. The molecule has 1 aromatic heterocycles. The number of unbranched alkanes of at least 4 members (excludes halogenated alkanes) is 1. The minimum Gasteiger partial charge on any atom is -0.475 e. The number of alkyl halides is 3. The van der Waals surface area contributed by atoms with Crippen LogP contribution in [0.1, 0.15) is 35.7 Å². The van der Waals surface area contributed by atoms with E-state index >= 15 is 0 Å². The van der Waals surface area contributed by atoms with Crippen LogP contribution in [0.25, 0.3) is 22.0 Å². The third-order valence-electron chi connectivity index (χ3n) is 4.62. The Kier molecular flexibility index (Phi) is 5.27. The van der Waals surface area contributed by atoms with Gasteiger partial charge in [-0.2, -0.15) is 13.2 Å². The number of fused-ring (bicyclic) bond motifs is 1. The zero-order valence-corrected chi connectivity index (χ0v) is 15.1. The molecule has 146 valence electrons.